The molecule has 3 amide bonds. The first-order valence-corrected chi connectivity index (χ1v) is 11.9. The zero-order valence-electron chi connectivity index (χ0n) is 18.8. The van der Waals surface area contributed by atoms with E-state index in [9.17, 15) is 14.4 Å². The number of amides is 3. The summed E-state index contributed by atoms with van der Waals surface area (Å²) in [7, 11) is 2.08. The normalized spacial score (nSPS) is 20.0. The van der Waals surface area contributed by atoms with Crippen molar-refractivity contribution in [2.24, 2.45) is 0 Å². The smallest absolute Gasteiger partial charge is 0.329 e. The third-order valence-corrected chi connectivity index (χ3v) is 6.57. The molecule has 2 aromatic carbocycles. The molecule has 34 heavy (non-hydrogen) atoms. The first-order chi connectivity index (χ1) is 16.3. The molecule has 1 fully saturated rings. The molecule has 180 valence electrons. The van der Waals surface area contributed by atoms with E-state index in [1.807, 2.05) is 18.2 Å². The summed E-state index contributed by atoms with van der Waals surface area (Å²) in [6.07, 6.45) is 0.565. The number of likely N-dealkylation sites (N-methyl/N-ethyl adjacent to an activating group) is 1. The highest BCUT2D eigenvalue weighted by molar-refractivity contribution is 9.10. The molecule has 1 saturated heterocycles. The first kappa shape index (κ1) is 24.2. The lowest BCUT2D eigenvalue weighted by atomic mass is 9.99. The minimum absolute atomic E-state index is 0.115. The number of likely N-dealkylation sites (tertiary alicyclic amines) is 1. The molecule has 2 aliphatic rings. The van der Waals surface area contributed by atoms with Crippen molar-refractivity contribution in [2.75, 3.05) is 37.4 Å². The highest BCUT2D eigenvalue weighted by Crippen LogP contribution is 2.26. The van der Waals surface area contributed by atoms with Gasteiger partial charge in [0.05, 0.1) is 6.10 Å². The number of fused-ring (bicyclic) bond motifs is 1. The highest BCUT2D eigenvalue weighted by Gasteiger charge is 2.40. The molecule has 0 aromatic heterocycles. The van der Waals surface area contributed by atoms with Crippen molar-refractivity contribution in [3.8, 4) is 0 Å². The summed E-state index contributed by atoms with van der Waals surface area (Å²) in [4.78, 5) is 40.8. The van der Waals surface area contributed by atoms with Crippen LogP contribution in [0.4, 0.5) is 16.2 Å². The Balaban J connectivity index is 1.47. The quantitative estimate of drug-likeness (QED) is 0.529. The van der Waals surface area contributed by atoms with Gasteiger partial charge in [0.1, 0.15) is 12.6 Å². The van der Waals surface area contributed by atoms with Gasteiger partial charge in [-0.2, -0.15) is 0 Å². The van der Waals surface area contributed by atoms with Gasteiger partial charge in [-0.25, -0.2) is 9.59 Å². The SMILES string of the molecule is CN1CCc2cc(NC(=O)[C@H]3C[C@@H](OCC(=O)O)CN3C(=O)Nc3ccc(Br)cc3)ccc2C1. The van der Waals surface area contributed by atoms with E-state index in [-0.39, 0.29) is 18.9 Å². The third-order valence-electron chi connectivity index (χ3n) is 6.04. The molecule has 0 unspecified atom stereocenters. The van der Waals surface area contributed by atoms with Crippen LogP contribution in [0.25, 0.3) is 0 Å². The Morgan fingerprint density at radius 2 is 1.82 bits per heavy atom. The van der Waals surface area contributed by atoms with Gasteiger partial charge in [-0.15, -0.1) is 0 Å². The summed E-state index contributed by atoms with van der Waals surface area (Å²) in [5.74, 6) is -1.43. The Bertz CT molecular complexity index is 1080. The number of rotatable bonds is 6. The predicted molar refractivity (Wildman–Crippen MR) is 131 cm³/mol. The van der Waals surface area contributed by atoms with Crippen LogP contribution in [0.2, 0.25) is 0 Å². The highest BCUT2D eigenvalue weighted by atomic mass is 79.9. The Hall–Kier alpha value is -2.95. The van der Waals surface area contributed by atoms with E-state index in [0.29, 0.717) is 11.4 Å². The number of carboxylic acid groups (broad SMARTS) is 1. The molecular weight excluding hydrogens is 504 g/mol. The Morgan fingerprint density at radius 1 is 1.09 bits per heavy atom. The van der Waals surface area contributed by atoms with Gasteiger partial charge in [-0.1, -0.05) is 22.0 Å². The molecule has 0 bridgehead atoms. The number of hydrogen-bond donors (Lipinski definition) is 3. The first-order valence-electron chi connectivity index (χ1n) is 11.1. The molecule has 0 saturated carbocycles. The zero-order chi connectivity index (χ0) is 24.2. The third kappa shape index (κ3) is 5.94. The predicted octanol–water partition coefficient (Wildman–Crippen LogP) is 3.15. The van der Waals surface area contributed by atoms with Gasteiger partial charge in [0.15, 0.2) is 0 Å². The van der Waals surface area contributed by atoms with E-state index in [2.05, 4.69) is 38.5 Å². The van der Waals surface area contributed by atoms with Gasteiger partial charge < -0.3 is 30.3 Å². The second-order valence-electron chi connectivity index (χ2n) is 8.63. The van der Waals surface area contributed by atoms with E-state index in [0.717, 1.165) is 24.0 Å². The van der Waals surface area contributed by atoms with Crippen LogP contribution in [0.15, 0.2) is 46.9 Å². The standard InChI is InChI=1S/C24H27BrN4O5/c1-28-9-8-15-10-19(5-2-16(15)12-28)26-23(32)21-11-20(34-14-22(30)31)13-29(21)24(33)27-18-6-3-17(25)4-7-18/h2-7,10,20-21H,8-9,11-14H2,1H3,(H,26,32)(H,27,33)(H,30,31)/t20-,21-/m1/s1. The molecule has 3 N–H and O–H groups in total. The number of nitrogens with zero attached hydrogens (tertiary/aromatic N) is 2. The maximum absolute atomic E-state index is 13.2. The molecule has 0 aliphatic carbocycles. The van der Waals surface area contributed by atoms with Gasteiger partial charge in [0.25, 0.3) is 0 Å². The second kappa shape index (κ2) is 10.5. The van der Waals surface area contributed by atoms with Crippen LogP contribution in [0.3, 0.4) is 0 Å². The Morgan fingerprint density at radius 3 is 2.56 bits per heavy atom. The number of aliphatic carboxylic acids is 1. The summed E-state index contributed by atoms with van der Waals surface area (Å²) in [6.45, 7) is 1.46. The van der Waals surface area contributed by atoms with Crippen LogP contribution in [0.1, 0.15) is 17.5 Å². The van der Waals surface area contributed by atoms with E-state index < -0.39 is 30.8 Å². The minimum atomic E-state index is -1.10. The van der Waals surface area contributed by atoms with Gasteiger partial charge >= 0.3 is 12.0 Å². The van der Waals surface area contributed by atoms with Crippen LogP contribution in [0.5, 0.6) is 0 Å². The van der Waals surface area contributed by atoms with Crippen molar-refractivity contribution in [1.82, 2.24) is 9.80 Å². The topological polar surface area (TPSA) is 111 Å². The van der Waals surface area contributed by atoms with Gasteiger partial charge in [-0.3, -0.25) is 4.79 Å². The molecule has 2 aliphatic heterocycles. The van der Waals surface area contributed by atoms with Crippen LogP contribution < -0.4 is 10.6 Å². The van der Waals surface area contributed by atoms with Gasteiger partial charge in [0.2, 0.25) is 5.91 Å². The van der Waals surface area contributed by atoms with Crippen LogP contribution in [0, 0.1) is 0 Å². The van der Waals surface area contributed by atoms with Crippen LogP contribution >= 0.6 is 15.9 Å². The lowest BCUT2D eigenvalue weighted by Gasteiger charge is -2.26. The molecule has 9 nitrogen and oxygen atoms in total. The monoisotopic (exact) mass is 530 g/mol. The van der Waals surface area contributed by atoms with Gasteiger partial charge in [0, 0.05) is 41.9 Å². The number of hydrogen-bond acceptors (Lipinski definition) is 5. The zero-order valence-corrected chi connectivity index (χ0v) is 20.4. The fourth-order valence-electron chi connectivity index (χ4n) is 4.31. The second-order valence-corrected chi connectivity index (χ2v) is 9.54. The van der Waals surface area contributed by atoms with Gasteiger partial charge in [-0.05, 0) is 61.0 Å². The van der Waals surface area contributed by atoms with Crippen LogP contribution in [-0.2, 0) is 27.3 Å². The number of carbonyl (C=O) groups excluding carboxylic acids is 2. The summed E-state index contributed by atoms with van der Waals surface area (Å²) >= 11 is 3.36. The largest absolute Gasteiger partial charge is 0.480 e. The summed E-state index contributed by atoms with van der Waals surface area (Å²) < 4.78 is 6.29. The van der Waals surface area contributed by atoms with Crippen molar-refractivity contribution in [3.63, 3.8) is 0 Å². The molecule has 10 heteroatoms. The van der Waals surface area contributed by atoms with Crippen molar-refractivity contribution in [2.45, 2.75) is 31.5 Å². The fraction of sp³-hybridized carbons (Fsp3) is 0.375. The number of benzene rings is 2. The van der Waals surface area contributed by atoms with E-state index in [1.54, 1.807) is 24.3 Å². The molecule has 2 aromatic rings. The Kier molecular flexibility index (Phi) is 7.50. The number of carboxylic acids is 1. The molecule has 0 spiro atoms. The van der Waals surface area contributed by atoms with E-state index in [1.165, 1.54) is 16.0 Å². The average Bonchev–Trinajstić information content (AvgIpc) is 3.24. The molecule has 2 heterocycles. The van der Waals surface area contributed by atoms with Crippen molar-refractivity contribution in [1.29, 1.82) is 0 Å². The lowest BCUT2D eigenvalue weighted by molar-refractivity contribution is -0.144. The fourth-order valence-corrected chi connectivity index (χ4v) is 4.57. The van der Waals surface area contributed by atoms with Crippen LogP contribution in [-0.4, -0.2) is 71.7 Å². The molecule has 0 radical (unpaired) electrons. The van der Waals surface area contributed by atoms with Crippen molar-refractivity contribution >= 4 is 45.2 Å². The minimum Gasteiger partial charge on any atom is -0.480 e. The summed E-state index contributed by atoms with van der Waals surface area (Å²) in [5.41, 5.74) is 3.71. The Labute approximate surface area is 206 Å². The number of ether oxygens (including phenoxy) is 1. The van der Waals surface area contributed by atoms with E-state index in [4.69, 9.17) is 9.84 Å². The number of anilines is 2. The average molecular weight is 531 g/mol. The number of nitrogens with one attached hydrogen (secondary N) is 2. The summed E-state index contributed by atoms with van der Waals surface area (Å²) in [6, 6.07) is 11.7. The maximum Gasteiger partial charge on any atom is 0.329 e. The number of halogens is 1. The van der Waals surface area contributed by atoms with Crippen molar-refractivity contribution in [3.05, 3.63) is 58.1 Å². The molecule has 2 atom stereocenters. The maximum atomic E-state index is 13.2. The lowest BCUT2D eigenvalue weighted by Crippen LogP contribution is -2.45. The van der Waals surface area contributed by atoms with Crippen molar-refractivity contribution < 1.29 is 24.2 Å². The molecular formula is C24H27BrN4O5. The summed E-state index contributed by atoms with van der Waals surface area (Å²) in [5, 5.41) is 14.7. The number of carbonyl (C=O) groups is 3. The molecule has 4 rings (SSSR count). The van der Waals surface area contributed by atoms with E-state index >= 15 is 0 Å². The number of urea groups is 1.